The third-order valence-electron chi connectivity index (χ3n) is 7.45. The van der Waals surface area contributed by atoms with Crippen LogP contribution in [0.15, 0.2) is 49.1 Å². The Hall–Kier alpha value is -4.61. The number of amides is 2. The largest absolute Gasteiger partial charge is 0.474 e. The molecule has 2 fully saturated rings. The van der Waals surface area contributed by atoms with Gasteiger partial charge in [-0.05, 0) is 84.3 Å². The number of hydrogen-bond donors (Lipinski definition) is 2. The van der Waals surface area contributed by atoms with Gasteiger partial charge in [-0.2, -0.15) is 5.10 Å². The molecule has 194 valence electrons. The van der Waals surface area contributed by atoms with Crippen LogP contribution >= 0.6 is 0 Å². The quantitative estimate of drug-likeness (QED) is 0.380. The molecule has 0 bridgehead atoms. The summed E-state index contributed by atoms with van der Waals surface area (Å²) in [7, 11) is 1.87. The van der Waals surface area contributed by atoms with Gasteiger partial charge in [-0.25, -0.2) is 9.67 Å². The zero-order valence-electron chi connectivity index (χ0n) is 21.0. The molecular weight excluding hydrogens is 486 g/mol. The van der Waals surface area contributed by atoms with Gasteiger partial charge in [0.1, 0.15) is 18.0 Å². The fourth-order valence-corrected chi connectivity index (χ4v) is 5.70. The van der Waals surface area contributed by atoms with E-state index in [4.69, 9.17) is 10.5 Å². The number of carbonyl (C=O) groups excluding carboxylic acids is 2. The Balaban J connectivity index is 1.12. The lowest BCUT2D eigenvalue weighted by atomic mass is 9.53. The van der Waals surface area contributed by atoms with Gasteiger partial charge in [0.25, 0.3) is 11.8 Å². The van der Waals surface area contributed by atoms with E-state index in [2.05, 4.69) is 30.9 Å². The van der Waals surface area contributed by atoms with E-state index in [-0.39, 0.29) is 34.9 Å². The first-order valence-electron chi connectivity index (χ1n) is 12.4. The highest BCUT2D eigenvalue weighted by atomic mass is 16.5. The second-order valence-corrected chi connectivity index (χ2v) is 10.3. The van der Waals surface area contributed by atoms with E-state index in [9.17, 15) is 9.59 Å². The fourth-order valence-electron chi connectivity index (χ4n) is 5.70. The van der Waals surface area contributed by atoms with Crippen molar-refractivity contribution < 1.29 is 14.3 Å². The number of hydrogen-bond acceptors (Lipinski definition) is 8. The van der Waals surface area contributed by atoms with Crippen molar-refractivity contribution in [3.05, 3.63) is 65.9 Å². The number of aryl methyl sites for hydroxylation is 2. The molecule has 6 rings (SSSR count). The van der Waals surface area contributed by atoms with Crippen molar-refractivity contribution in [2.24, 2.45) is 18.2 Å². The van der Waals surface area contributed by atoms with Crippen LogP contribution in [0.25, 0.3) is 16.8 Å². The Bertz CT molecular complexity index is 1510. The van der Waals surface area contributed by atoms with Gasteiger partial charge in [-0.1, -0.05) is 0 Å². The number of carbonyl (C=O) groups is 2. The number of pyridine rings is 1. The minimum absolute atomic E-state index is 0.0158. The summed E-state index contributed by atoms with van der Waals surface area (Å²) in [6, 6.07) is 8.95. The second kappa shape index (κ2) is 9.05. The van der Waals surface area contributed by atoms with E-state index >= 15 is 0 Å². The molecule has 12 heteroatoms. The third-order valence-corrected chi connectivity index (χ3v) is 7.45. The molecule has 3 N–H and O–H groups in total. The monoisotopic (exact) mass is 513 g/mol. The van der Waals surface area contributed by atoms with Crippen molar-refractivity contribution in [3.8, 4) is 22.7 Å². The predicted molar refractivity (Wildman–Crippen MR) is 135 cm³/mol. The summed E-state index contributed by atoms with van der Waals surface area (Å²) < 4.78 is 9.23. The summed E-state index contributed by atoms with van der Waals surface area (Å²) in [4.78, 5) is 29.1. The number of tetrazole rings is 1. The van der Waals surface area contributed by atoms with Crippen molar-refractivity contribution >= 4 is 11.8 Å². The average Bonchev–Trinajstić information content (AvgIpc) is 3.50. The number of rotatable bonds is 7. The summed E-state index contributed by atoms with van der Waals surface area (Å²) in [6.45, 7) is 1.94. The normalized spacial score (nSPS) is 21.9. The number of nitrogens with zero attached hydrogens (tertiary/aromatic N) is 7. The molecule has 3 aromatic heterocycles. The highest BCUT2D eigenvalue weighted by Gasteiger charge is 2.54. The van der Waals surface area contributed by atoms with Crippen molar-refractivity contribution in [2.45, 2.75) is 44.8 Å². The van der Waals surface area contributed by atoms with Crippen LogP contribution < -0.4 is 15.8 Å². The molecular formula is C26H27N9O3. The van der Waals surface area contributed by atoms with Crippen molar-refractivity contribution in [1.82, 2.24) is 40.3 Å². The number of benzene rings is 1. The van der Waals surface area contributed by atoms with Crippen molar-refractivity contribution in [3.63, 3.8) is 0 Å². The molecule has 0 saturated heterocycles. The Morgan fingerprint density at radius 3 is 2.68 bits per heavy atom. The van der Waals surface area contributed by atoms with Gasteiger partial charge < -0.3 is 15.8 Å². The Morgan fingerprint density at radius 2 is 2.00 bits per heavy atom. The Kier molecular flexibility index (Phi) is 5.66. The van der Waals surface area contributed by atoms with Crippen LogP contribution in [-0.4, -0.2) is 58.9 Å². The molecule has 3 heterocycles. The van der Waals surface area contributed by atoms with Gasteiger partial charge in [0.15, 0.2) is 0 Å². The van der Waals surface area contributed by atoms with Gasteiger partial charge in [-0.15, -0.1) is 5.10 Å². The number of aromatic nitrogens is 7. The van der Waals surface area contributed by atoms with E-state index in [1.807, 2.05) is 32.3 Å². The van der Waals surface area contributed by atoms with Gasteiger partial charge in [0.05, 0.1) is 11.4 Å². The molecule has 0 unspecified atom stereocenters. The molecule has 38 heavy (non-hydrogen) atoms. The third kappa shape index (κ3) is 4.38. The summed E-state index contributed by atoms with van der Waals surface area (Å²) >= 11 is 0. The molecule has 0 atom stereocenters. The molecule has 0 aliphatic heterocycles. The lowest BCUT2D eigenvalue weighted by Gasteiger charge is -2.57. The lowest BCUT2D eigenvalue weighted by molar-refractivity contribution is -0.0848. The lowest BCUT2D eigenvalue weighted by Crippen LogP contribution is -2.58. The SMILES string of the molecule is Cc1nn(C)cc1-c1cc(C(=O)NC2CC3(C2)CC(Oc2ncccc2C(N)=O)C3)cc(-n2cnnn2)c1. The average molecular weight is 514 g/mol. The van der Waals surface area contributed by atoms with Crippen LogP contribution in [0.4, 0.5) is 0 Å². The highest BCUT2D eigenvalue weighted by molar-refractivity contribution is 5.96. The molecule has 1 spiro atoms. The van der Waals surface area contributed by atoms with E-state index in [0.717, 1.165) is 42.5 Å². The van der Waals surface area contributed by atoms with Crippen LogP contribution in [0.1, 0.15) is 52.1 Å². The van der Waals surface area contributed by atoms with E-state index in [1.165, 1.54) is 11.0 Å². The molecule has 0 radical (unpaired) electrons. The molecule has 2 aliphatic rings. The smallest absolute Gasteiger partial charge is 0.254 e. The zero-order valence-corrected chi connectivity index (χ0v) is 21.0. The first-order valence-corrected chi connectivity index (χ1v) is 12.4. The van der Waals surface area contributed by atoms with E-state index in [0.29, 0.717) is 11.3 Å². The number of nitrogens with two attached hydrogens (primary N) is 1. The van der Waals surface area contributed by atoms with Gasteiger partial charge in [-0.3, -0.25) is 14.3 Å². The molecule has 4 aromatic rings. The number of nitrogens with one attached hydrogen (secondary N) is 1. The van der Waals surface area contributed by atoms with Crippen LogP contribution in [0.3, 0.4) is 0 Å². The molecule has 2 amide bonds. The Morgan fingerprint density at radius 1 is 1.18 bits per heavy atom. The van der Waals surface area contributed by atoms with Crippen LogP contribution in [0, 0.1) is 12.3 Å². The summed E-state index contributed by atoms with van der Waals surface area (Å²) in [5, 5.41) is 19.1. The maximum atomic E-state index is 13.3. The summed E-state index contributed by atoms with van der Waals surface area (Å²) in [5.74, 6) is -0.417. The standard InChI is InChI=1S/C26H27N9O3/c1-15-22(13-34(2)31-15)16-6-17(8-19(7-16)35-14-29-32-33-35)24(37)30-18-9-26(10-18)11-20(12-26)38-25-21(23(27)36)4-3-5-28-25/h3-8,13-14,18,20H,9-12H2,1-2H3,(H2,27,36)(H,30,37). The number of ether oxygens (including phenoxy) is 1. The minimum Gasteiger partial charge on any atom is -0.474 e. The van der Waals surface area contributed by atoms with Crippen LogP contribution in [0.2, 0.25) is 0 Å². The highest BCUT2D eigenvalue weighted by Crippen LogP contribution is 2.56. The van der Waals surface area contributed by atoms with Gasteiger partial charge >= 0.3 is 0 Å². The maximum Gasteiger partial charge on any atom is 0.254 e. The van der Waals surface area contributed by atoms with Gasteiger partial charge in [0, 0.05) is 36.6 Å². The molecule has 12 nitrogen and oxygen atoms in total. The van der Waals surface area contributed by atoms with E-state index in [1.54, 1.807) is 29.1 Å². The predicted octanol–water partition coefficient (Wildman–Crippen LogP) is 1.99. The van der Waals surface area contributed by atoms with Crippen LogP contribution in [0.5, 0.6) is 5.88 Å². The first-order chi connectivity index (χ1) is 18.3. The van der Waals surface area contributed by atoms with Crippen molar-refractivity contribution in [1.29, 1.82) is 0 Å². The minimum atomic E-state index is -0.556. The maximum absolute atomic E-state index is 13.3. The summed E-state index contributed by atoms with van der Waals surface area (Å²) in [6.07, 6.45) is 8.46. The zero-order chi connectivity index (χ0) is 26.4. The number of primary amides is 1. The molecule has 2 aliphatic carbocycles. The van der Waals surface area contributed by atoms with E-state index < -0.39 is 5.91 Å². The topological polar surface area (TPSA) is 156 Å². The fraction of sp³-hybridized carbons (Fsp3) is 0.346. The first kappa shape index (κ1) is 23.8. The second-order valence-electron chi connectivity index (χ2n) is 10.3. The van der Waals surface area contributed by atoms with Crippen LogP contribution in [-0.2, 0) is 7.05 Å². The Labute approximate surface area is 218 Å². The van der Waals surface area contributed by atoms with Crippen molar-refractivity contribution in [2.75, 3.05) is 0 Å². The summed E-state index contributed by atoms with van der Waals surface area (Å²) in [5.41, 5.74) is 9.75. The van der Waals surface area contributed by atoms with Gasteiger partial charge in [0.2, 0.25) is 5.88 Å². The molecule has 2 saturated carbocycles. The molecule has 1 aromatic carbocycles.